The molecule has 1 aromatic heterocycles. The van der Waals surface area contributed by atoms with Crippen molar-refractivity contribution in [1.29, 1.82) is 0 Å². The van der Waals surface area contributed by atoms with E-state index in [0.29, 0.717) is 61.6 Å². The number of hydrogen-bond donors (Lipinski definition) is 4. The maximum atomic E-state index is 13.5. The molecule has 0 radical (unpaired) electrons. The quantitative estimate of drug-likeness (QED) is 0.323. The van der Waals surface area contributed by atoms with Crippen molar-refractivity contribution in [3.8, 4) is 11.4 Å². The van der Waals surface area contributed by atoms with Gasteiger partial charge in [-0.2, -0.15) is 0 Å². The molecule has 2 aliphatic rings. The summed E-state index contributed by atoms with van der Waals surface area (Å²) < 4.78 is 31.5. The van der Waals surface area contributed by atoms with Crippen molar-refractivity contribution in [2.75, 3.05) is 55.5 Å². The smallest absolute Gasteiger partial charge is 0.170 e. The number of nitrogens with zero attached hydrogens (tertiary/aromatic N) is 3. The fourth-order valence-electron chi connectivity index (χ4n) is 4.73. The van der Waals surface area contributed by atoms with Crippen molar-refractivity contribution >= 4 is 38.7 Å². The number of benzene rings is 1. The SMILES string of the molecule is C[C@H]1COCCN1c1cc(C2(S(=O)(=O)CCCO)CCC2)nc(-c2ccc(NC(=S)NCCO)cc2)n1. The average molecular weight is 550 g/mol. The molecule has 1 aliphatic carbocycles. The summed E-state index contributed by atoms with van der Waals surface area (Å²) in [5.41, 5.74) is 2.04. The standard InChI is InChI=1S/C25H35N5O5S2/c1-18-17-35-14-11-30(18)22-16-21(25(8-2-9-25)37(33,34)15-3-12-31)28-23(29-22)19-4-6-20(7-5-19)27-24(36)26-10-13-32/h4-7,16,18,31-32H,2-3,8-15,17H2,1H3,(H2,26,27,36)/t18-/m0/s1. The first-order valence-corrected chi connectivity index (χ1v) is 14.7. The molecule has 0 spiro atoms. The van der Waals surface area contributed by atoms with Gasteiger partial charge in [0.25, 0.3) is 0 Å². The van der Waals surface area contributed by atoms with Crippen molar-refractivity contribution in [2.45, 2.75) is 43.4 Å². The van der Waals surface area contributed by atoms with E-state index >= 15 is 0 Å². The van der Waals surface area contributed by atoms with E-state index in [2.05, 4.69) is 22.5 Å². The zero-order valence-corrected chi connectivity index (χ0v) is 22.7. The van der Waals surface area contributed by atoms with Crippen molar-refractivity contribution in [3.05, 3.63) is 36.0 Å². The number of nitrogens with one attached hydrogen (secondary N) is 2. The molecule has 202 valence electrons. The van der Waals surface area contributed by atoms with Gasteiger partial charge < -0.3 is 30.5 Å². The minimum atomic E-state index is -3.53. The van der Waals surface area contributed by atoms with Crippen molar-refractivity contribution in [1.82, 2.24) is 15.3 Å². The summed E-state index contributed by atoms with van der Waals surface area (Å²) in [7, 11) is -3.53. The van der Waals surface area contributed by atoms with Gasteiger partial charge in [0, 0.05) is 37.0 Å². The summed E-state index contributed by atoms with van der Waals surface area (Å²) in [6, 6.07) is 9.37. The maximum absolute atomic E-state index is 13.5. The minimum Gasteiger partial charge on any atom is -0.396 e. The van der Waals surface area contributed by atoms with E-state index < -0.39 is 14.6 Å². The van der Waals surface area contributed by atoms with E-state index in [-0.39, 0.29) is 31.4 Å². The topological polar surface area (TPSA) is 137 Å². The zero-order chi connectivity index (χ0) is 26.5. The second-order valence-corrected chi connectivity index (χ2v) is 12.3. The van der Waals surface area contributed by atoms with E-state index in [9.17, 15) is 13.5 Å². The number of morpholine rings is 1. The van der Waals surface area contributed by atoms with E-state index in [4.69, 9.17) is 32.0 Å². The summed E-state index contributed by atoms with van der Waals surface area (Å²) in [4.78, 5) is 11.8. The third kappa shape index (κ3) is 6.04. The van der Waals surface area contributed by atoms with Gasteiger partial charge in [-0.15, -0.1) is 0 Å². The number of ether oxygens (including phenoxy) is 1. The first-order chi connectivity index (χ1) is 17.8. The highest BCUT2D eigenvalue weighted by molar-refractivity contribution is 7.92. The molecule has 12 heteroatoms. The van der Waals surface area contributed by atoms with Gasteiger partial charge in [0.05, 0.1) is 37.3 Å². The van der Waals surface area contributed by atoms with E-state index in [1.54, 1.807) is 0 Å². The van der Waals surface area contributed by atoms with Crippen LogP contribution in [0.2, 0.25) is 0 Å². The molecule has 1 saturated heterocycles. The summed E-state index contributed by atoms with van der Waals surface area (Å²) in [5.74, 6) is 1.08. The first-order valence-electron chi connectivity index (χ1n) is 12.6. The Hall–Kier alpha value is -2.38. The van der Waals surface area contributed by atoms with Gasteiger partial charge in [0.1, 0.15) is 10.6 Å². The largest absolute Gasteiger partial charge is 0.396 e. The lowest BCUT2D eigenvalue weighted by Crippen LogP contribution is -2.46. The Morgan fingerprint density at radius 1 is 1.22 bits per heavy atom. The maximum Gasteiger partial charge on any atom is 0.170 e. The molecule has 4 rings (SSSR count). The first kappa shape index (κ1) is 27.6. The summed E-state index contributed by atoms with van der Waals surface area (Å²) in [6.07, 6.45) is 2.04. The highest BCUT2D eigenvalue weighted by atomic mass is 32.2. The van der Waals surface area contributed by atoms with Gasteiger partial charge in [0.2, 0.25) is 0 Å². The molecule has 0 unspecified atom stereocenters. The van der Waals surface area contributed by atoms with Gasteiger partial charge in [-0.25, -0.2) is 18.4 Å². The van der Waals surface area contributed by atoms with Crippen LogP contribution in [0.1, 0.15) is 38.3 Å². The Labute approximate surface area is 223 Å². The van der Waals surface area contributed by atoms with Crippen LogP contribution in [0.15, 0.2) is 30.3 Å². The molecular weight excluding hydrogens is 514 g/mol. The molecule has 37 heavy (non-hydrogen) atoms. The Balaban J connectivity index is 1.72. The summed E-state index contributed by atoms with van der Waals surface area (Å²) in [6.45, 7) is 4.03. The third-order valence-electron chi connectivity index (χ3n) is 6.97. The fraction of sp³-hybridized carbons (Fsp3) is 0.560. The van der Waals surface area contributed by atoms with Crippen LogP contribution in [0.5, 0.6) is 0 Å². The Bertz CT molecular complexity index is 1190. The van der Waals surface area contributed by atoms with Gasteiger partial charge in [-0.3, -0.25) is 0 Å². The summed E-state index contributed by atoms with van der Waals surface area (Å²) in [5, 5.41) is 24.6. The van der Waals surface area contributed by atoms with Crippen molar-refractivity contribution < 1.29 is 23.4 Å². The van der Waals surface area contributed by atoms with Gasteiger partial charge in [-0.05, 0) is 69.1 Å². The average Bonchev–Trinajstić information content (AvgIpc) is 2.86. The second-order valence-electron chi connectivity index (χ2n) is 9.48. The van der Waals surface area contributed by atoms with Crippen LogP contribution < -0.4 is 15.5 Å². The predicted octanol–water partition coefficient (Wildman–Crippen LogP) is 1.82. The number of sulfone groups is 1. The van der Waals surface area contributed by atoms with Crippen LogP contribution in [-0.4, -0.2) is 85.0 Å². The molecule has 1 aromatic carbocycles. The lowest BCUT2D eigenvalue weighted by molar-refractivity contribution is 0.0985. The van der Waals surface area contributed by atoms with Crippen LogP contribution in [-0.2, 0) is 19.3 Å². The second kappa shape index (κ2) is 12.0. The zero-order valence-electron chi connectivity index (χ0n) is 21.0. The molecule has 0 bridgehead atoms. The number of rotatable bonds is 10. The molecule has 0 amide bonds. The number of aliphatic hydroxyl groups is 2. The van der Waals surface area contributed by atoms with E-state index in [1.165, 1.54) is 0 Å². The van der Waals surface area contributed by atoms with Gasteiger partial charge in [0.15, 0.2) is 20.8 Å². The number of aromatic nitrogens is 2. The number of thiocarbonyl (C=S) groups is 1. The van der Waals surface area contributed by atoms with Gasteiger partial charge in [-0.1, -0.05) is 0 Å². The van der Waals surface area contributed by atoms with Crippen LogP contribution in [0.25, 0.3) is 11.4 Å². The lowest BCUT2D eigenvalue weighted by Gasteiger charge is -2.41. The highest BCUT2D eigenvalue weighted by Crippen LogP contribution is 2.49. The number of aliphatic hydroxyl groups excluding tert-OH is 2. The van der Waals surface area contributed by atoms with E-state index in [0.717, 1.165) is 17.7 Å². The molecule has 2 fully saturated rings. The molecular formula is C25H35N5O5S2. The Kier molecular flexibility index (Phi) is 8.96. The molecule has 2 heterocycles. The molecule has 1 saturated carbocycles. The molecule has 1 atom stereocenters. The van der Waals surface area contributed by atoms with Crippen molar-refractivity contribution in [2.24, 2.45) is 0 Å². The molecule has 4 N–H and O–H groups in total. The van der Waals surface area contributed by atoms with Crippen molar-refractivity contribution in [3.63, 3.8) is 0 Å². The highest BCUT2D eigenvalue weighted by Gasteiger charge is 2.51. The normalized spacial score (nSPS) is 19.2. The monoisotopic (exact) mass is 549 g/mol. The number of anilines is 2. The van der Waals surface area contributed by atoms with Crippen LogP contribution in [0.4, 0.5) is 11.5 Å². The molecule has 2 aromatic rings. The third-order valence-corrected chi connectivity index (χ3v) is 9.85. The van der Waals surface area contributed by atoms with Gasteiger partial charge >= 0.3 is 0 Å². The Morgan fingerprint density at radius 2 is 1.97 bits per heavy atom. The summed E-state index contributed by atoms with van der Waals surface area (Å²) >= 11 is 5.22. The lowest BCUT2D eigenvalue weighted by atomic mass is 9.81. The predicted molar refractivity (Wildman–Crippen MR) is 147 cm³/mol. The van der Waals surface area contributed by atoms with Crippen LogP contribution >= 0.6 is 12.2 Å². The molecule has 1 aliphatic heterocycles. The minimum absolute atomic E-state index is 0.0181. The Morgan fingerprint density at radius 3 is 2.59 bits per heavy atom. The fourth-order valence-corrected chi connectivity index (χ4v) is 7.19. The number of hydrogen-bond acceptors (Lipinski definition) is 9. The van der Waals surface area contributed by atoms with Crippen LogP contribution in [0.3, 0.4) is 0 Å². The van der Waals surface area contributed by atoms with E-state index in [1.807, 2.05) is 30.3 Å². The van der Waals surface area contributed by atoms with Crippen LogP contribution in [0, 0.1) is 0 Å². The molecule has 10 nitrogen and oxygen atoms in total.